The Morgan fingerprint density at radius 3 is 1.18 bits per heavy atom. The van der Waals surface area contributed by atoms with Crippen LogP contribution < -0.4 is 70.4 Å². The second-order valence-electron chi connectivity index (χ2n) is 29.4. The van der Waals surface area contributed by atoms with Gasteiger partial charge in [-0.05, 0) is 209 Å². The topological polar surface area (TPSA) is 530 Å². The molecule has 4 fully saturated rings. The highest BCUT2D eigenvalue weighted by Gasteiger charge is 2.32. The van der Waals surface area contributed by atoms with Crippen LogP contribution in [0.1, 0.15) is 142 Å². The zero-order valence-electron chi connectivity index (χ0n) is 65.4. The quantitative estimate of drug-likeness (QED) is 0.0134. The van der Waals surface area contributed by atoms with Gasteiger partial charge in [0.05, 0.1) is 39.3 Å². The summed E-state index contributed by atoms with van der Waals surface area (Å²) in [5.41, 5.74) is 22.4. The molecular formula is C75H99Br3F3N27O10. The second-order valence-corrected chi connectivity index (χ2v) is 32.1. The van der Waals surface area contributed by atoms with Crippen molar-refractivity contribution in [2.24, 2.45) is 40.9 Å². The summed E-state index contributed by atoms with van der Waals surface area (Å²) in [6, 6.07) is 14.4. The largest absolute Gasteiger partial charge is 0.448 e. The van der Waals surface area contributed by atoms with E-state index < -0.39 is 32.4 Å². The number of carbonyl (C=O) groups is 1. The summed E-state index contributed by atoms with van der Waals surface area (Å²) < 4.78 is 45.1. The Hall–Kier alpha value is -10.3. The number of nitrogens with zero attached hydrogens (tertiary/aromatic N) is 14. The van der Waals surface area contributed by atoms with E-state index in [1.807, 2.05) is 63.2 Å². The predicted octanol–water partition coefficient (Wildman–Crippen LogP) is 13.6. The van der Waals surface area contributed by atoms with Crippen molar-refractivity contribution in [2.45, 2.75) is 180 Å². The summed E-state index contributed by atoms with van der Waals surface area (Å²) >= 11 is 10.4. The number of alkyl halides is 3. The number of aromatic nitrogens is 10. The van der Waals surface area contributed by atoms with Crippen LogP contribution in [0.5, 0.6) is 0 Å². The lowest BCUT2D eigenvalue weighted by molar-refractivity contribution is -0.384. The van der Waals surface area contributed by atoms with Gasteiger partial charge in [0.25, 0.3) is 0 Å². The maximum absolute atomic E-state index is 12.4. The number of hydrogen-bond acceptors (Lipinski definition) is 32. The first kappa shape index (κ1) is 91.6. The molecule has 4 aliphatic rings. The SMILES string of the molecule is Cc1c(Br)cccc1CNc1ncc([N+](=O)[O-])c(NCC2CCC(NCC(F)(F)F)CC2)n1.Cc1c(Br)cccc1CNc1ncc([N+](=O)[O-])c(NCC2CCC(NCC(N)=O)CC2)n1.Cc1ocnc1CNc1ncc([N+](=O)[O-])c(NCC2CCC(N)CC2)n1.NC1CCC(CNc2nc(NCc3cncc(Br)c3)ncc2[N+](=O)[O-])CC1. The lowest BCUT2D eigenvalue weighted by Gasteiger charge is -2.29. The van der Waals surface area contributed by atoms with Crippen LogP contribution in [0.4, 0.5) is 83.0 Å². The standard InChI is InChI=1S/C21H26BrF3N6O2.C21H28BrN7O3.C17H22BrN7O2.C16H23N7O3/c1-13-15(3-2-4-17(13)22)10-27-20-28-11-18(31(32)33)19(30-20)26-9-14-5-7-16(8-6-14)29-12-21(23,24)25;1-13-15(3-2-4-17(13)22)10-26-21-27-11-18(29(31)32)20(28-21)25-9-14-5-7-16(8-6-14)24-12-19(23)30;18-13-5-12(6-20-9-13)8-22-17-23-10-15(25(26)27)16(24-17)21-7-11-1-3-14(19)4-2-11;1-10-13(21-9-26-10)7-19-16-20-8-14(23(24)25)15(22-16)18-6-11-2-4-12(17)5-3-11/h2-4,11,14,16,29H,5-10,12H2,1H3,(H2,26,27,28,30);2-4,11,14,16,24H,5-10,12H2,1H3,(H2,23,30)(H2,25,26,27,28);5-6,9-11,14H,1-4,7-8,19H2,(H2,21,22,23,24);8-9,11-12H,2-7,17H2,1H3,(H2,18,19,20,22). The maximum Gasteiger partial charge on any atom is 0.401 e. The molecule has 4 aliphatic carbocycles. The van der Waals surface area contributed by atoms with E-state index in [9.17, 15) is 58.4 Å². The minimum Gasteiger partial charge on any atom is -0.448 e. The number of nitro groups is 4. The van der Waals surface area contributed by atoms with Crippen LogP contribution in [0.15, 0.2) is 104 Å². The molecule has 0 bridgehead atoms. The minimum atomic E-state index is -4.22. The number of primary amides is 1. The number of benzene rings is 2. The van der Waals surface area contributed by atoms with Gasteiger partial charge >= 0.3 is 28.9 Å². The summed E-state index contributed by atoms with van der Waals surface area (Å²) in [4.78, 5) is 95.9. The highest BCUT2D eigenvalue weighted by Crippen LogP contribution is 2.34. The fourth-order valence-electron chi connectivity index (χ4n) is 13.7. The fraction of sp³-hybridized carbons (Fsp3) is 0.507. The molecule has 2 aromatic carbocycles. The van der Waals surface area contributed by atoms with E-state index in [4.69, 9.17) is 21.6 Å². The second kappa shape index (κ2) is 45.6. The first-order valence-electron chi connectivity index (χ1n) is 38.7. The van der Waals surface area contributed by atoms with Crippen molar-refractivity contribution in [1.82, 2.24) is 60.5 Å². The number of nitrogens with two attached hydrogens (primary N) is 3. The monoisotopic (exact) mass is 1830 g/mol. The highest BCUT2D eigenvalue weighted by atomic mass is 79.9. The van der Waals surface area contributed by atoms with Crippen LogP contribution in [-0.2, 0) is 31.0 Å². The third kappa shape index (κ3) is 29.9. The molecular weight excluding hydrogens is 1740 g/mol. The van der Waals surface area contributed by atoms with Gasteiger partial charge in [-0.3, -0.25) is 50.2 Å². The smallest absolute Gasteiger partial charge is 0.401 e. The van der Waals surface area contributed by atoms with Gasteiger partial charge in [-0.2, -0.15) is 33.1 Å². The minimum absolute atomic E-state index is 0.126. The number of halogens is 6. The van der Waals surface area contributed by atoms with Crippen molar-refractivity contribution in [1.29, 1.82) is 0 Å². The summed E-state index contributed by atoms with van der Waals surface area (Å²) in [7, 11) is 0. The van der Waals surface area contributed by atoms with Crippen LogP contribution in [0.2, 0.25) is 0 Å². The van der Waals surface area contributed by atoms with Crippen LogP contribution >= 0.6 is 47.8 Å². The highest BCUT2D eigenvalue weighted by molar-refractivity contribution is 9.11. The molecule has 0 unspecified atom stereocenters. The average molecular weight is 1840 g/mol. The first-order valence-corrected chi connectivity index (χ1v) is 41.1. The van der Waals surface area contributed by atoms with Crippen LogP contribution in [0, 0.1) is 84.9 Å². The van der Waals surface area contributed by atoms with Gasteiger partial charge in [0.15, 0.2) is 6.39 Å². The number of pyridine rings is 1. The molecule has 37 nitrogen and oxygen atoms in total. The molecule has 636 valence electrons. The lowest BCUT2D eigenvalue weighted by atomic mass is 9.86. The molecule has 6 aromatic heterocycles. The Balaban J connectivity index is 0.000000180. The number of nitrogens with one attached hydrogen (secondary N) is 10. The number of oxazole rings is 1. The molecule has 0 aliphatic heterocycles. The number of carbonyl (C=O) groups excluding carboxylic acids is 1. The fourth-order valence-corrected chi connectivity index (χ4v) is 14.9. The summed E-state index contributed by atoms with van der Waals surface area (Å²) in [6.07, 6.45) is 20.0. The van der Waals surface area contributed by atoms with Gasteiger partial charge in [0.1, 0.15) is 36.2 Å². The molecule has 16 N–H and O–H groups in total. The molecule has 4 saturated carbocycles. The van der Waals surface area contributed by atoms with Crippen molar-refractivity contribution in [3.05, 3.63) is 179 Å². The van der Waals surface area contributed by atoms with Gasteiger partial charge in [-0.25, -0.2) is 24.9 Å². The van der Waals surface area contributed by atoms with Gasteiger partial charge < -0.3 is 74.8 Å². The van der Waals surface area contributed by atoms with E-state index >= 15 is 0 Å². The molecule has 0 saturated heterocycles. The Kier molecular flexibility index (Phi) is 35.4. The van der Waals surface area contributed by atoms with Gasteiger partial charge in [-0.15, -0.1) is 0 Å². The van der Waals surface area contributed by atoms with E-state index in [0.29, 0.717) is 107 Å². The third-order valence-corrected chi connectivity index (χ3v) is 23.0. The van der Waals surface area contributed by atoms with Gasteiger partial charge in [0.2, 0.25) is 53.0 Å². The third-order valence-electron chi connectivity index (χ3n) is 20.8. The van der Waals surface area contributed by atoms with E-state index in [0.717, 1.165) is 137 Å². The van der Waals surface area contributed by atoms with Crippen molar-refractivity contribution in [2.75, 3.05) is 81.8 Å². The van der Waals surface area contributed by atoms with Crippen molar-refractivity contribution in [3.63, 3.8) is 0 Å². The van der Waals surface area contributed by atoms with Gasteiger partial charge in [0, 0.05) is 95.8 Å². The summed E-state index contributed by atoms with van der Waals surface area (Å²) in [5.74, 6) is 3.83. The zero-order valence-corrected chi connectivity index (χ0v) is 70.2. The Morgan fingerprint density at radius 2 is 0.839 bits per heavy atom. The average Bonchev–Trinajstić information content (AvgIpc) is 0.903. The molecule has 0 spiro atoms. The molecule has 8 aromatic rings. The van der Waals surface area contributed by atoms with Crippen molar-refractivity contribution >= 4 is 124 Å². The van der Waals surface area contributed by atoms with E-state index in [1.54, 1.807) is 12.4 Å². The normalized spacial score (nSPS) is 19.0. The molecule has 6 heterocycles. The predicted molar refractivity (Wildman–Crippen MR) is 452 cm³/mol. The molecule has 118 heavy (non-hydrogen) atoms. The molecule has 43 heteroatoms. The van der Waals surface area contributed by atoms with E-state index in [1.165, 1.54) is 31.2 Å². The van der Waals surface area contributed by atoms with Crippen LogP contribution in [-0.4, -0.2) is 145 Å². The Morgan fingerprint density at radius 1 is 0.483 bits per heavy atom. The van der Waals surface area contributed by atoms with Gasteiger partial charge in [-0.1, -0.05) is 56.1 Å². The zero-order chi connectivity index (χ0) is 84.8. The van der Waals surface area contributed by atoms with E-state index in [2.05, 4.69) is 151 Å². The number of anilines is 8. The van der Waals surface area contributed by atoms with Crippen LogP contribution in [0.25, 0.3) is 0 Å². The summed E-state index contributed by atoms with van der Waals surface area (Å²) in [5, 5.41) is 75.9. The molecule has 0 atom stereocenters. The number of aryl methyl sites for hydroxylation is 1. The maximum atomic E-state index is 12.4. The Bertz CT molecular complexity index is 4630. The Labute approximate surface area is 703 Å². The van der Waals surface area contributed by atoms with Crippen LogP contribution in [0.3, 0.4) is 0 Å². The van der Waals surface area contributed by atoms with Crippen molar-refractivity contribution in [3.8, 4) is 0 Å². The molecule has 0 radical (unpaired) electrons. The molecule has 12 rings (SSSR count). The summed E-state index contributed by atoms with van der Waals surface area (Å²) in [6.45, 7) is 9.13. The van der Waals surface area contributed by atoms with Crippen molar-refractivity contribution < 1.29 is 42.1 Å². The first-order chi connectivity index (χ1) is 56.5. The number of amides is 1. The number of hydrogen-bond donors (Lipinski definition) is 13. The lowest BCUT2D eigenvalue weighted by Crippen LogP contribution is -2.39. The number of rotatable bonds is 33. The van der Waals surface area contributed by atoms with E-state index in [-0.39, 0.29) is 94.5 Å². The molecule has 1 amide bonds.